The zero-order valence-electron chi connectivity index (χ0n) is 16.0. The standard InChI is InChI=1S/C22H25BrN2O3/c1-28-21-7-3-2-6-19(21)25-14-4-5-18(15-25)24-22(27)13-12-20(26)16-8-10-17(23)11-9-16/h2-3,6-11,18H,4-5,12-15H2,1H3,(H,24,27). The maximum atomic E-state index is 12.4. The minimum Gasteiger partial charge on any atom is -0.495 e. The molecule has 148 valence electrons. The summed E-state index contributed by atoms with van der Waals surface area (Å²) in [6.07, 6.45) is 2.37. The average molecular weight is 445 g/mol. The Labute approximate surface area is 174 Å². The van der Waals surface area contributed by atoms with E-state index in [0.717, 1.165) is 41.8 Å². The number of piperidine rings is 1. The largest absolute Gasteiger partial charge is 0.495 e. The van der Waals surface area contributed by atoms with Crippen LogP contribution in [-0.2, 0) is 4.79 Å². The second kappa shape index (κ2) is 9.73. The van der Waals surface area contributed by atoms with E-state index in [0.29, 0.717) is 5.56 Å². The van der Waals surface area contributed by atoms with Crippen molar-refractivity contribution < 1.29 is 14.3 Å². The lowest BCUT2D eigenvalue weighted by Gasteiger charge is -2.35. The molecule has 0 saturated carbocycles. The molecule has 0 spiro atoms. The minimum atomic E-state index is -0.0719. The van der Waals surface area contributed by atoms with Gasteiger partial charge in [-0.05, 0) is 37.1 Å². The molecule has 1 heterocycles. The number of rotatable bonds is 7. The van der Waals surface area contributed by atoms with E-state index in [4.69, 9.17) is 4.74 Å². The Kier molecular flexibility index (Phi) is 7.09. The maximum Gasteiger partial charge on any atom is 0.220 e. The monoisotopic (exact) mass is 444 g/mol. The predicted octanol–water partition coefficient (Wildman–Crippen LogP) is 4.21. The van der Waals surface area contributed by atoms with E-state index in [1.165, 1.54) is 0 Å². The van der Waals surface area contributed by atoms with Gasteiger partial charge < -0.3 is 15.0 Å². The van der Waals surface area contributed by atoms with Crippen LogP contribution in [0.5, 0.6) is 5.75 Å². The van der Waals surface area contributed by atoms with Crippen molar-refractivity contribution in [1.29, 1.82) is 0 Å². The van der Waals surface area contributed by atoms with Gasteiger partial charge in [-0.15, -0.1) is 0 Å². The van der Waals surface area contributed by atoms with Crippen molar-refractivity contribution in [2.75, 3.05) is 25.1 Å². The first-order chi connectivity index (χ1) is 13.6. The number of ether oxygens (including phenoxy) is 1. The highest BCUT2D eigenvalue weighted by Crippen LogP contribution is 2.29. The Morgan fingerprint density at radius 1 is 1.14 bits per heavy atom. The molecule has 1 unspecified atom stereocenters. The second-order valence-electron chi connectivity index (χ2n) is 6.95. The van der Waals surface area contributed by atoms with Crippen LogP contribution in [-0.4, -0.2) is 37.9 Å². The first kappa shape index (κ1) is 20.4. The van der Waals surface area contributed by atoms with Crippen LogP contribution in [0.1, 0.15) is 36.0 Å². The lowest BCUT2D eigenvalue weighted by molar-refractivity contribution is -0.121. The van der Waals surface area contributed by atoms with E-state index in [2.05, 4.69) is 26.1 Å². The van der Waals surface area contributed by atoms with Crippen LogP contribution in [0.15, 0.2) is 53.0 Å². The molecule has 1 atom stereocenters. The van der Waals surface area contributed by atoms with Crippen molar-refractivity contribution in [1.82, 2.24) is 5.32 Å². The fourth-order valence-corrected chi connectivity index (χ4v) is 3.78. The van der Waals surface area contributed by atoms with Crippen LogP contribution in [0.2, 0.25) is 0 Å². The molecule has 3 rings (SSSR count). The Morgan fingerprint density at radius 2 is 1.89 bits per heavy atom. The minimum absolute atomic E-state index is 0.0121. The van der Waals surface area contributed by atoms with Crippen LogP contribution in [0, 0.1) is 0 Å². The Morgan fingerprint density at radius 3 is 2.64 bits per heavy atom. The summed E-state index contributed by atoms with van der Waals surface area (Å²) in [4.78, 5) is 26.8. The van der Waals surface area contributed by atoms with E-state index in [1.54, 1.807) is 19.2 Å². The summed E-state index contributed by atoms with van der Waals surface area (Å²) in [7, 11) is 1.67. The summed E-state index contributed by atoms with van der Waals surface area (Å²) in [6.45, 7) is 1.68. The summed E-state index contributed by atoms with van der Waals surface area (Å²) >= 11 is 3.36. The smallest absolute Gasteiger partial charge is 0.220 e. The van der Waals surface area contributed by atoms with Gasteiger partial charge in [0.25, 0.3) is 0 Å². The molecule has 2 aromatic rings. The first-order valence-electron chi connectivity index (χ1n) is 9.53. The molecule has 5 nitrogen and oxygen atoms in total. The molecule has 28 heavy (non-hydrogen) atoms. The molecule has 0 bridgehead atoms. The zero-order valence-corrected chi connectivity index (χ0v) is 17.6. The fourth-order valence-electron chi connectivity index (χ4n) is 3.51. The van der Waals surface area contributed by atoms with Crippen molar-refractivity contribution >= 4 is 33.3 Å². The fraction of sp³-hybridized carbons (Fsp3) is 0.364. The highest BCUT2D eigenvalue weighted by atomic mass is 79.9. The normalized spacial score (nSPS) is 16.5. The molecule has 2 aromatic carbocycles. The summed E-state index contributed by atoms with van der Waals surface area (Å²) in [6, 6.07) is 15.2. The lowest BCUT2D eigenvalue weighted by atomic mass is 10.0. The summed E-state index contributed by atoms with van der Waals surface area (Å²) in [5.41, 5.74) is 1.69. The molecular weight excluding hydrogens is 420 g/mol. The molecule has 0 aromatic heterocycles. The SMILES string of the molecule is COc1ccccc1N1CCCC(NC(=O)CCC(=O)c2ccc(Br)cc2)C1. The molecular formula is C22H25BrN2O3. The number of amides is 1. The molecule has 1 aliphatic heterocycles. The number of methoxy groups -OCH3 is 1. The van der Waals surface area contributed by atoms with Crippen molar-refractivity contribution in [2.24, 2.45) is 0 Å². The highest BCUT2D eigenvalue weighted by Gasteiger charge is 2.23. The number of Topliss-reactive ketones (excluding diaryl/α,β-unsaturated/α-hetero) is 1. The summed E-state index contributed by atoms with van der Waals surface area (Å²) in [5, 5.41) is 3.09. The number of carbonyl (C=O) groups excluding carboxylic acids is 2. The third kappa shape index (κ3) is 5.35. The molecule has 1 fully saturated rings. The topological polar surface area (TPSA) is 58.6 Å². The summed E-state index contributed by atoms with van der Waals surface area (Å²) in [5.74, 6) is 0.758. The van der Waals surface area contributed by atoms with Crippen molar-refractivity contribution in [2.45, 2.75) is 31.7 Å². The van der Waals surface area contributed by atoms with Crippen LogP contribution >= 0.6 is 15.9 Å². The number of hydrogen-bond acceptors (Lipinski definition) is 4. The zero-order chi connectivity index (χ0) is 19.9. The van der Waals surface area contributed by atoms with E-state index < -0.39 is 0 Å². The van der Waals surface area contributed by atoms with Gasteiger partial charge in [-0.3, -0.25) is 9.59 Å². The van der Waals surface area contributed by atoms with E-state index in [-0.39, 0.29) is 30.6 Å². The molecule has 0 aliphatic carbocycles. The van der Waals surface area contributed by atoms with Crippen molar-refractivity contribution in [3.63, 3.8) is 0 Å². The second-order valence-corrected chi connectivity index (χ2v) is 7.87. The predicted molar refractivity (Wildman–Crippen MR) is 114 cm³/mol. The lowest BCUT2D eigenvalue weighted by Crippen LogP contribution is -2.48. The molecule has 1 N–H and O–H groups in total. The number of nitrogens with one attached hydrogen (secondary N) is 1. The van der Waals surface area contributed by atoms with Gasteiger partial charge in [0.2, 0.25) is 5.91 Å². The molecule has 1 aliphatic rings. The number of ketones is 1. The first-order valence-corrected chi connectivity index (χ1v) is 10.3. The third-order valence-electron chi connectivity index (χ3n) is 4.96. The average Bonchev–Trinajstić information content (AvgIpc) is 2.72. The highest BCUT2D eigenvalue weighted by molar-refractivity contribution is 9.10. The Bertz CT molecular complexity index is 823. The maximum absolute atomic E-state index is 12.4. The van der Waals surface area contributed by atoms with Gasteiger partial charge >= 0.3 is 0 Å². The van der Waals surface area contributed by atoms with Gasteiger partial charge in [-0.2, -0.15) is 0 Å². The Balaban J connectivity index is 1.51. The van der Waals surface area contributed by atoms with E-state index >= 15 is 0 Å². The van der Waals surface area contributed by atoms with E-state index in [9.17, 15) is 9.59 Å². The van der Waals surface area contributed by atoms with Crippen LogP contribution < -0.4 is 15.0 Å². The summed E-state index contributed by atoms with van der Waals surface area (Å²) < 4.78 is 6.39. The van der Waals surface area contributed by atoms with Gasteiger partial charge in [0.1, 0.15) is 5.75 Å². The Hall–Kier alpha value is -2.34. The van der Waals surface area contributed by atoms with Gasteiger partial charge in [0.15, 0.2) is 5.78 Å². The van der Waals surface area contributed by atoms with Gasteiger partial charge in [0.05, 0.1) is 12.8 Å². The van der Waals surface area contributed by atoms with Gasteiger partial charge in [-0.25, -0.2) is 0 Å². The number of anilines is 1. The van der Waals surface area contributed by atoms with Crippen LogP contribution in [0.25, 0.3) is 0 Å². The number of nitrogens with zero attached hydrogens (tertiary/aromatic N) is 1. The van der Waals surface area contributed by atoms with Crippen molar-refractivity contribution in [3.05, 3.63) is 58.6 Å². The molecule has 1 saturated heterocycles. The van der Waals surface area contributed by atoms with Gasteiger partial charge in [0, 0.05) is 42.0 Å². The molecule has 1 amide bonds. The number of para-hydroxylation sites is 2. The van der Waals surface area contributed by atoms with Gasteiger partial charge in [-0.1, -0.05) is 40.2 Å². The van der Waals surface area contributed by atoms with E-state index in [1.807, 2.05) is 36.4 Å². The molecule has 6 heteroatoms. The number of hydrogen-bond donors (Lipinski definition) is 1. The number of halogens is 1. The van der Waals surface area contributed by atoms with Crippen LogP contribution in [0.4, 0.5) is 5.69 Å². The number of carbonyl (C=O) groups is 2. The molecule has 0 radical (unpaired) electrons. The van der Waals surface area contributed by atoms with Crippen molar-refractivity contribution in [3.8, 4) is 5.75 Å². The third-order valence-corrected chi connectivity index (χ3v) is 5.49. The van der Waals surface area contributed by atoms with Crippen LogP contribution in [0.3, 0.4) is 0 Å². The quantitative estimate of drug-likeness (QED) is 0.649. The number of benzene rings is 2.